The fourth-order valence-corrected chi connectivity index (χ4v) is 2.44. The molecule has 1 aromatic carbocycles. The smallest absolute Gasteiger partial charge is 0.340 e. The summed E-state index contributed by atoms with van der Waals surface area (Å²) in [6, 6.07) is 2.85. The lowest BCUT2D eigenvalue weighted by atomic mass is 10.1. The van der Waals surface area contributed by atoms with E-state index >= 15 is 0 Å². The van der Waals surface area contributed by atoms with Crippen LogP contribution in [0.25, 0.3) is 5.69 Å². The molecule has 1 aromatic heterocycles. The first-order valence-corrected chi connectivity index (χ1v) is 7.14. The highest BCUT2D eigenvalue weighted by atomic mass is 19.1. The summed E-state index contributed by atoms with van der Waals surface area (Å²) in [6.45, 7) is 0. The second kappa shape index (κ2) is 5.44. The molecule has 0 spiro atoms. The van der Waals surface area contributed by atoms with Gasteiger partial charge in [0.2, 0.25) is 0 Å². The number of ether oxygens (including phenoxy) is 1. The first-order chi connectivity index (χ1) is 10.5. The maximum atomic E-state index is 14.1. The Morgan fingerprint density at radius 1 is 1.41 bits per heavy atom. The van der Waals surface area contributed by atoms with Gasteiger partial charge in [-0.05, 0) is 18.9 Å². The van der Waals surface area contributed by atoms with Crippen molar-refractivity contribution in [2.24, 2.45) is 0 Å². The number of methoxy groups -OCH3 is 1. The highest BCUT2D eigenvalue weighted by Gasteiger charge is 2.26. The summed E-state index contributed by atoms with van der Waals surface area (Å²) < 4.78 is 20.6. The van der Waals surface area contributed by atoms with Crippen molar-refractivity contribution in [3.63, 3.8) is 0 Å². The fraction of sp³-hybridized carbons (Fsp3) is 0.375. The molecule has 0 radical (unpaired) electrons. The third kappa shape index (κ3) is 2.56. The van der Waals surface area contributed by atoms with E-state index in [0.29, 0.717) is 17.3 Å². The summed E-state index contributed by atoms with van der Waals surface area (Å²) in [6.07, 6.45) is 5.97. The van der Waals surface area contributed by atoms with Crippen LogP contribution >= 0.6 is 0 Å². The largest absolute Gasteiger partial charge is 0.465 e. The van der Waals surface area contributed by atoms with Crippen LogP contribution in [0.1, 0.15) is 34.8 Å². The predicted octanol–water partition coefficient (Wildman–Crippen LogP) is 2.74. The van der Waals surface area contributed by atoms with Gasteiger partial charge >= 0.3 is 5.97 Å². The minimum atomic E-state index is -0.688. The van der Waals surface area contributed by atoms with E-state index in [4.69, 9.17) is 0 Å². The van der Waals surface area contributed by atoms with Crippen LogP contribution in [0.5, 0.6) is 0 Å². The molecule has 1 heterocycles. The van der Waals surface area contributed by atoms with Crippen LogP contribution in [0.4, 0.5) is 10.1 Å². The van der Waals surface area contributed by atoms with Crippen LogP contribution < -0.4 is 4.90 Å². The van der Waals surface area contributed by atoms with Gasteiger partial charge in [-0.1, -0.05) is 0 Å². The lowest BCUT2D eigenvalue weighted by Crippen LogP contribution is -2.15. The van der Waals surface area contributed by atoms with Gasteiger partial charge in [-0.2, -0.15) is 0 Å². The maximum Gasteiger partial charge on any atom is 0.340 e. The lowest BCUT2D eigenvalue weighted by Gasteiger charge is -2.19. The van der Waals surface area contributed by atoms with Gasteiger partial charge in [0, 0.05) is 32.3 Å². The van der Waals surface area contributed by atoms with Crippen LogP contribution in [0, 0.1) is 5.82 Å². The first kappa shape index (κ1) is 14.6. The number of aromatic nitrogens is 2. The number of esters is 1. The van der Waals surface area contributed by atoms with Crippen LogP contribution in [-0.2, 0) is 4.74 Å². The minimum absolute atomic E-state index is 0.0789. The van der Waals surface area contributed by atoms with Gasteiger partial charge in [0.15, 0.2) is 0 Å². The van der Waals surface area contributed by atoms with Gasteiger partial charge in [-0.3, -0.25) is 0 Å². The summed E-state index contributed by atoms with van der Waals surface area (Å²) in [7, 11) is 4.90. The standard InChI is InChI=1S/C16H18FN3O2/c1-19(2)14-7-12(17)11(16(21)22-3)6-15(14)20-8-13(18-9-20)10-4-5-10/h6-10H,4-5H2,1-3H3. The Bertz CT molecular complexity index is 720. The summed E-state index contributed by atoms with van der Waals surface area (Å²) in [5, 5.41) is 0. The third-order valence-electron chi connectivity index (χ3n) is 3.83. The number of hydrogen-bond donors (Lipinski definition) is 0. The molecule has 0 amide bonds. The number of halogens is 1. The van der Waals surface area contributed by atoms with Crippen molar-refractivity contribution in [2.75, 3.05) is 26.1 Å². The summed E-state index contributed by atoms with van der Waals surface area (Å²) >= 11 is 0. The van der Waals surface area contributed by atoms with Gasteiger partial charge in [-0.15, -0.1) is 0 Å². The summed E-state index contributed by atoms with van der Waals surface area (Å²) in [4.78, 5) is 17.9. The highest BCUT2D eigenvalue weighted by molar-refractivity contribution is 5.91. The van der Waals surface area contributed by atoms with E-state index in [1.165, 1.54) is 19.2 Å². The maximum absolute atomic E-state index is 14.1. The second-order valence-corrected chi connectivity index (χ2v) is 5.69. The predicted molar refractivity (Wildman–Crippen MR) is 81.2 cm³/mol. The normalized spacial score (nSPS) is 14.0. The van der Waals surface area contributed by atoms with E-state index in [9.17, 15) is 9.18 Å². The molecule has 1 aliphatic rings. The first-order valence-electron chi connectivity index (χ1n) is 7.14. The van der Waals surface area contributed by atoms with Gasteiger partial charge in [0.25, 0.3) is 0 Å². The monoisotopic (exact) mass is 303 g/mol. The average Bonchev–Trinajstić information content (AvgIpc) is 3.24. The molecule has 1 aliphatic carbocycles. The number of carbonyl (C=O) groups is 1. The number of carbonyl (C=O) groups excluding carboxylic acids is 1. The Labute approximate surface area is 128 Å². The van der Waals surface area contributed by atoms with Crippen molar-refractivity contribution in [1.29, 1.82) is 0 Å². The molecule has 0 bridgehead atoms. The molecule has 116 valence electrons. The van der Waals surface area contributed by atoms with Crippen molar-refractivity contribution < 1.29 is 13.9 Å². The van der Waals surface area contributed by atoms with Crippen molar-refractivity contribution >= 4 is 11.7 Å². The lowest BCUT2D eigenvalue weighted by molar-refractivity contribution is 0.0595. The zero-order chi connectivity index (χ0) is 15.9. The Morgan fingerprint density at radius 2 is 2.14 bits per heavy atom. The number of rotatable bonds is 4. The van der Waals surface area contributed by atoms with Crippen molar-refractivity contribution in [1.82, 2.24) is 9.55 Å². The van der Waals surface area contributed by atoms with Gasteiger partial charge in [0.05, 0.1) is 36.1 Å². The molecular weight excluding hydrogens is 285 g/mol. The van der Waals surface area contributed by atoms with E-state index < -0.39 is 11.8 Å². The molecule has 1 saturated carbocycles. The van der Waals surface area contributed by atoms with Gasteiger partial charge in [-0.25, -0.2) is 14.2 Å². The molecule has 5 nitrogen and oxygen atoms in total. The number of imidazole rings is 1. The van der Waals surface area contributed by atoms with E-state index in [1.54, 1.807) is 11.2 Å². The Balaban J connectivity index is 2.11. The average molecular weight is 303 g/mol. The van der Waals surface area contributed by atoms with E-state index in [1.807, 2.05) is 24.9 Å². The molecule has 0 N–H and O–H groups in total. The second-order valence-electron chi connectivity index (χ2n) is 5.69. The molecule has 0 aliphatic heterocycles. The number of hydrogen-bond acceptors (Lipinski definition) is 4. The van der Waals surface area contributed by atoms with Crippen molar-refractivity contribution in [3.8, 4) is 5.69 Å². The zero-order valence-electron chi connectivity index (χ0n) is 12.8. The Kier molecular flexibility index (Phi) is 3.60. The highest BCUT2D eigenvalue weighted by Crippen LogP contribution is 2.39. The van der Waals surface area contributed by atoms with Crippen LogP contribution in [0.15, 0.2) is 24.7 Å². The molecule has 0 saturated heterocycles. The van der Waals surface area contributed by atoms with Crippen LogP contribution in [-0.4, -0.2) is 36.7 Å². The van der Waals surface area contributed by atoms with E-state index in [0.717, 1.165) is 18.5 Å². The van der Waals surface area contributed by atoms with Crippen molar-refractivity contribution in [3.05, 3.63) is 41.7 Å². The molecule has 0 unspecified atom stereocenters. The molecule has 3 rings (SSSR count). The quantitative estimate of drug-likeness (QED) is 0.815. The fourth-order valence-electron chi connectivity index (χ4n) is 2.44. The summed E-state index contributed by atoms with van der Waals surface area (Å²) in [5.41, 5.74) is 2.33. The topological polar surface area (TPSA) is 47.4 Å². The van der Waals surface area contributed by atoms with Crippen molar-refractivity contribution in [2.45, 2.75) is 18.8 Å². The van der Waals surface area contributed by atoms with E-state index in [2.05, 4.69) is 9.72 Å². The number of benzene rings is 1. The molecule has 2 aromatic rings. The minimum Gasteiger partial charge on any atom is -0.465 e. The molecule has 0 atom stereocenters. The Hall–Kier alpha value is -2.37. The summed E-state index contributed by atoms with van der Waals surface area (Å²) in [5.74, 6) is -0.752. The third-order valence-corrected chi connectivity index (χ3v) is 3.83. The van der Waals surface area contributed by atoms with Gasteiger partial charge in [0.1, 0.15) is 5.82 Å². The molecule has 22 heavy (non-hydrogen) atoms. The van der Waals surface area contributed by atoms with Crippen LogP contribution in [0.2, 0.25) is 0 Å². The van der Waals surface area contributed by atoms with Gasteiger partial charge < -0.3 is 14.2 Å². The molecule has 1 fully saturated rings. The number of nitrogens with zero attached hydrogens (tertiary/aromatic N) is 3. The number of anilines is 1. The zero-order valence-corrected chi connectivity index (χ0v) is 12.8. The molecular formula is C16H18FN3O2. The van der Waals surface area contributed by atoms with E-state index in [-0.39, 0.29) is 5.56 Å². The van der Waals surface area contributed by atoms with Crippen LogP contribution in [0.3, 0.4) is 0 Å². The molecule has 6 heteroatoms. The Morgan fingerprint density at radius 3 is 2.73 bits per heavy atom. The SMILES string of the molecule is COC(=O)c1cc(-n2cnc(C3CC3)c2)c(N(C)C)cc1F.